The maximum Gasteiger partial charge on any atom is 0.310 e. The smallest absolute Gasteiger partial charge is 0.310 e. The van der Waals surface area contributed by atoms with Crippen LogP contribution in [0, 0.1) is 11.8 Å². The SMILES string of the molecule is COC(=O)C(C)CN(CCOCCO)C(=O)C(C)C. The quantitative estimate of drug-likeness (QED) is 0.483. The summed E-state index contributed by atoms with van der Waals surface area (Å²) in [5, 5.41) is 8.61. The Balaban J connectivity index is 4.41. The van der Waals surface area contributed by atoms with E-state index in [4.69, 9.17) is 9.84 Å². The Morgan fingerprint density at radius 3 is 2.32 bits per heavy atom. The molecular formula is C13H25NO5. The van der Waals surface area contributed by atoms with Crippen LogP contribution in [0.3, 0.4) is 0 Å². The van der Waals surface area contributed by atoms with Gasteiger partial charge in [-0.15, -0.1) is 0 Å². The van der Waals surface area contributed by atoms with Gasteiger partial charge >= 0.3 is 5.97 Å². The Hall–Kier alpha value is -1.14. The van der Waals surface area contributed by atoms with Crippen LogP contribution in [0.25, 0.3) is 0 Å². The van der Waals surface area contributed by atoms with Crippen molar-refractivity contribution in [3.63, 3.8) is 0 Å². The van der Waals surface area contributed by atoms with E-state index in [0.717, 1.165) is 0 Å². The van der Waals surface area contributed by atoms with Gasteiger partial charge in [0.25, 0.3) is 0 Å². The van der Waals surface area contributed by atoms with Crippen LogP contribution in [0.15, 0.2) is 0 Å². The molecule has 6 heteroatoms. The molecule has 0 bridgehead atoms. The van der Waals surface area contributed by atoms with Crippen LogP contribution >= 0.6 is 0 Å². The number of hydrogen-bond donors (Lipinski definition) is 1. The second kappa shape index (κ2) is 9.75. The molecule has 0 heterocycles. The summed E-state index contributed by atoms with van der Waals surface area (Å²) in [6.07, 6.45) is 0. The van der Waals surface area contributed by atoms with E-state index in [1.807, 2.05) is 13.8 Å². The van der Waals surface area contributed by atoms with E-state index in [-0.39, 0.29) is 36.9 Å². The molecule has 19 heavy (non-hydrogen) atoms. The molecular weight excluding hydrogens is 250 g/mol. The monoisotopic (exact) mass is 275 g/mol. The van der Waals surface area contributed by atoms with Crippen molar-refractivity contribution in [1.82, 2.24) is 4.90 Å². The molecule has 0 spiro atoms. The number of methoxy groups -OCH3 is 1. The van der Waals surface area contributed by atoms with Crippen LogP contribution in [-0.4, -0.2) is 61.9 Å². The third-order valence-electron chi connectivity index (χ3n) is 2.64. The van der Waals surface area contributed by atoms with Crippen LogP contribution in [0.2, 0.25) is 0 Å². The maximum atomic E-state index is 12.0. The molecule has 1 N–H and O–H groups in total. The van der Waals surface area contributed by atoms with Crippen molar-refractivity contribution in [1.29, 1.82) is 0 Å². The standard InChI is InChI=1S/C13H25NO5/c1-10(2)12(16)14(5-7-19-8-6-15)9-11(3)13(17)18-4/h10-11,15H,5-9H2,1-4H3. The van der Waals surface area contributed by atoms with Gasteiger partial charge in [0, 0.05) is 19.0 Å². The molecule has 0 aliphatic carbocycles. The molecule has 0 aromatic heterocycles. The van der Waals surface area contributed by atoms with Gasteiger partial charge in [0.05, 0.1) is 32.8 Å². The molecule has 0 aromatic carbocycles. The molecule has 0 aliphatic heterocycles. The van der Waals surface area contributed by atoms with E-state index in [9.17, 15) is 9.59 Å². The van der Waals surface area contributed by atoms with E-state index in [1.54, 1.807) is 11.8 Å². The molecule has 0 aromatic rings. The van der Waals surface area contributed by atoms with E-state index in [1.165, 1.54) is 7.11 Å². The van der Waals surface area contributed by atoms with Gasteiger partial charge in [0.1, 0.15) is 0 Å². The number of esters is 1. The van der Waals surface area contributed by atoms with Crippen molar-refractivity contribution in [3.05, 3.63) is 0 Å². The van der Waals surface area contributed by atoms with Crippen LogP contribution in [0.5, 0.6) is 0 Å². The van der Waals surface area contributed by atoms with E-state index < -0.39 is 0 Å². The summed E-state index contributed by atoms with van der Waals surface area (Å²) in [5.41, 5.74) is 0. The zero-order chi connectivity index (χ0) is 14.8. The Morgan fingerprint density at radius 2 is 1.84 bits per heavy atom. The minimum Gasteiger partial charge on any atom is -0.469 e. The van der Waals surface area contributed by atoms with Crippen molar-refractivity contribution in [2.24, 2.45) is 11.8 Å². The molecule has 0 saturated heterocycles. The number of amides is 1. The molecule has 1 amide bonds. The van der Waals surface area contributed by atoms with Crippen LogP contribution in [0.1, 0.15) is 20.8 Å². The van der Waals surface area contributed by atoms with Gasteiger partial charge in [0.15, 0.2) is 0 Å². The molecule has 0 saturated carbocycles. The highest BCUT2D eigenvalue weighted by Gasteiger charge is 2.22. The first kappa shape index (κ1) is 17.9. The summed E-state index contributed by atoms with van der Waals surface area (Å²) in [5.74, 6) is -0.866. The number of carbonyl (C=O) groups is 2. The lowest BCUT2D eigenvalue weighted by Crippen LogP contribution is -2.41. The Morgan fingerprint density at radius 1 is 1.21 bits per heavy atom. The van der Waals surface area contributed by atoms with E-state index in [2.05, 4.69) is 4.74 Å². The largest absolute Gasteiger partial charge is 0.469 e. The summed E-state index contributed by atoms with van der Waals surface area (Å²) >= 11 is 0. The third-order valence-corrected chi connectivity index (χ3v) is 2.64. The summed E-state index contributed by atoms with van der Waals surface area (Å²) < 4.78 is 9.81. The van der Waals surface area contributed by atoms with Crippen molar-refractivity contribution in [2.75, 3.05) is 40.0 Å². The lowest BCUT2D eigenvalue weighted by atomic mass is 10.1. The molecule has 112 valence electrons. The highest BCUT2D eigenvalue weighted by Crippen LogP contribution is 2.07. The average molecular weight is 275 g/mol. The number of hydrogen-bond acceptors (Lipinski definition) is 5. The van der Waals surface area contributed by atoms with Gasteiger partial charge in [0.2, 0.25) is 5.91 Å². The minimum atomic E-state index is -0.370. The predicted octanol–water partition coefficient (Wildman–Crippen LogP) is 0.289. The van der Waals surface area contributed by atoms with Crippen molar-refractivity contribution in [2.45, 2.75) is 20.8 Å². The van der Waals surface area contributed by atoms with E-state index in [0.29, 0.717) is 19.7 Å². The first-order valence-corrected chi connectivity index (χ1v) is 6.49. The minimum absolute atomic E-state index is 0.0247. The molecule has 0 aliphatic rings. The number of aliphatic hydroxyl groups is 1. The summed E-state index contributed by atoms with van der Waals surface area (Å²) in [7, 11) is 1.33. The van der Waals surface area contributed by atoms with Crippen LogP contribution < -0.4 is 0 Å². The van der Waals surface area contributed by atoms with Gasteiger partial charge in [-0.1, -0.05) is 20.8 Å². The maximum absolute atomic E-state index is 12.0. The van der Waals surface area contributed by atoms with E-state index >= 15 is 0 Å². The van der Waals surface area contributed by atoms with Crippen molar-refractivity contribution >= 4 is 11.9 Å². The first-order chi connectivity index (χ1) is 8.93. The lowest BCUT2D eigenvalue weighted by molar-refractivity contribution is -0.147. The van der Waals surface area contributed by atoms with Crippen LogP contribution in [-0.2, 0) is 19.1 Å². The first-order valence-electron chi connectivity index (χ1n) is 6.49. The van der Waals surface area contributed by atoms with Gasteiger partial charge in [-0.25, -0.2) is 0 Å². The molecule has 0 rings (SSSR count). The number of carbonyl (C=O) groups excluding carboxylic acids is 2. The second-order valence-corrected chi connectivity index (χ2v) is 4.70. The van der Waals surface area contributed by atoms with Gasteiger partial charge < -0.3 is 19.5 Å². The number of aliphatic hydroxyl groups excluding tert-OH is 1. The topological polar surface area (TPSA) is 76.1 Å². The fraction of sp³-hybridized carbons (Fsp3) is 0.846. The van der Waals surface area contributed by atoms with Crippen molar-refractivity contribution in [3.8, 4) is 0 Å². The summed E-state index contributed by atoms with van der Waals surface area (Å²) in [6.45, 7) is 6.60. The molecule has 1 unspecified atom stereocenters. The highest BCUT2D eigenvalue weighted by molar-refractivity contribution is 5.79. The number of nitrogens with zero attached hydrogens (tertiary/aromatic N) is 1. The Labute approximate surface area is 114 Å². The molecule has 0 fully saturated rings. The van der Waals surface area contributed by atoms with Gasteiger partial charge in [-0.3, -0.25) is 9.59 Å². The fourth-order valence-corrected chi connectivity index (χ4v) is 1.60. The Bertz CT molecular complexity index is 280. The highest BCUT2D eigenvalue weighted by atomic mass is 16.5. The third kappa shape index (κ3) is 7.12. The zero-order valence-electron chi connectivity index (χ0n) is 12.2. The molecule has 0 radical (unpaired) electrons. The van der Waals surface area contributed by atoms with Gasteiger partial charge in [-0.2, -0.15) is 0 Å². The lowest BCUT2D eigenvalue weighted by Gasteiger charge is -2.26. The van der Waals surface area contributed by atoms with Crippen molar-refractivity contribution < 1.29 is 24.2 Å². The summed E-state index contributed by atoms with van der Waals surface area (Å²) in [4.78, 5) is 25.0. The Kier molecular flexibility index (Phi) is 9.16. The van der Waals surface area contributed by atoms with Gasteiger partial charge in [-0.05, 0) is 0 Å². The average Bonchev–Trinajstić information content (AvgIpc) is 2.39. The van der Waals surface area contributed by atoms with Crippen LogP contribution in [0.4, 0.5) is 0 Å². The summed E-state index contributed by atoms with van der Waals surface area (Å²) in [6, 6.07) is 0. The second-order valence-electron chi connectivity index (χ2n) is 4.70. The number of rotatable bonds is 9. The zero-order valence-corrected chi connectivity index (χ0v) is 12.2. The fourth-order valence-electron chi connectivity index (χ4n) is 1.60. The number of ether oxygens (including phenoxy) is 2. The predicted molar refractivity (Wildman–Crippen MR) is 70.5 cm³/mol. The normalized spacial score (nSPS) is 12.3. The molecule has 6 nitrogen and oxygen atoms in total. The molecule has 1 atom stereocenters.